The maximum atomic E-state index is 10.5. The topological polar surface area (TPSA) is 46.5 Å². The van der Waals surface area contributed by atoms with Crippen LogP contribution in [0, 0.1) is 4.91 Å². The minimum atomic E-state index is 0.183. The summed E-state index contributed by atoms with van der Waals surface area (Å²) in [5.74, 6) is 0. The van der Waals surface area contributed by atoms with Gasteiger partial charge in [-0.1, -0.05) is 11.2 Å². The molecule has 70 valence electrons. The van der Waals surface area contributed by atoms with Crippen LogP contribution in [-0.4, -0.2) is 6.29 Å². The van der Waals surface area contributed by atoms with E-state index < -0.39 is 0 Å². The highest BCUT2D eigenvalue weighted by atomic mass is 32.1. The van der Waals surface area contributed by atoms with Crippen molar-refractivity contribution in [2.45, 2.75) is 6.54 Å². The number of nitroso groups, excluding NO2 is 1. The zero-order valence-electron chi connectivity index (χ0n) is 7.27. The molecule has 0 aliphatic rings. The number of benzene rings is 1. The van der Waals surface area contributed by atoms with Crippen molar-refractivity contribution in [1.29, 1.82) is 0 Å². The van der Waals surface area contributed by atoms with Crippen LogP contribution in [0.25, 0.3) is 10.1 Å². The molecule has 0 fully saturated rings. The van der Waals surface area contributed by atoms with E-state index in [2.05, 4.69) is 5.18 Å². The Balaban J connectivity index is 2.53. The summed E-state index contributed by atoms with van der Waals surface area (Å²) in [4.78, 5) is 21.3. The molecular weight excluding hydrogens is 198 g/mol. The zero-order valence-corrected chi connectivity index (χ0v) is 8.08. The number of rotatable bonds is 3. The van der Waals surface area contributed by atoms with Crippen LogP contribution in [0.1, 0.15) is 15.2 Å². The number of carbonyl (C=O) groups is 1. The van der Waals surface area contributed by atoms with Crippen LogP contribution in [-0.2, 0) is 6.54 Å². The SMILES string of the molecule is O=Cc1cc2cc(CN=O)ccc2s1. The first-order chi connectivity index (χ1) is 6.83. The van der Waals surface area contributed by atoms with Crippen molar-refractivity contribution in [3.63, 3.8) is 0 Å². The van der Waals surface area contributed by atoms with Crippen molar-refractivity contribution < 1.29 is 4.79 Å². The lowest BCUT2D eigenvalue weighted by Crippen LogP contribution is -1.77. The van der Waals surface area contributed by atoms with Crippen LogP contribution in [0.4, 0.5) is 0 Å². The number of thiophene rings is 1. The van der Waals surface area contributed by atoms with E-state index in [0.717, 1.165) is 21.9 Å². The summed E-state index contributed by atoms with van der Waals surface area (Å²) < 4.78 is 1.06. The number of nitrogens with zero attached hydrogens (tertiary/aromatic N) is 1. The molecule has 3 nitrogen and oxygen atoms in total. The summed E-state index contributed by atoms with van der Waals surface area (Å²) in [6.07, 6.45) is 0.836. The molecule has 0 bridgehead atoms. The third kappa shape index (κ3) is 1.56. The Labute approximate surface area is 84.3 Å². The standard InChI is InChI=1S/C10H7NO2S/c12-6-9-4-8-3-7(5-11-13)1-2-10(8)14-9/h1-4,6H,5H2. The summed E-state index contributed by atoms with van der Waals surface area (Å²) in [7, 11) is 0. The van der Waals surface area contributed by atoms with E-state index in [4.69, 9.17) is 0 Å². The average molecular weight is 205 g/mol. The fourth-order valence-electron chi connectivity index (χ4n) is 1.34. The van der Waals surface area contributed by atoms with Crippen LogP contribution in [0.15, 0.2) is 29.4 Å². The molecule has 0 radical (unpaired) electrons. The van der Waals surface area contributed by atoms with Gasteiger partial charge in [0, 0.05) is 4.70 Å². The van der Waals surface area contributed by atoms with Crippen molar-refractivity contribution in [2.24, 2.45) is 5.18 Å². The van der Waals surface area contributed by atoms with Gasteiger partial charge in [-0.15, -0.1) is 11.3 Å². The maximum absolute atomic E-state index is 10.5. The molecular formula is C10H7NO2S. The van der Waals surface area contributed by atoms with Gasteiger partial charge in [0.05, 0.1) is 4.88 Å². The predicted octanol–water partition coefficient (Wildman–Crippen LogP) is 2.98. The van der Waals surface area contributed by atoms with Crippen LogP contribution in [0.2, 0.25) is 0 Å². The van der Waals surface area contributed by atoms with Gasteiger partial charge in [0.15, 0.2) is 6.29 Å². The van der Waals surface area contributed by atoms with Crippen LogP contribution in [0.5, 0.6) is 0 Å². The summed E-state index contributed by atoms with van der Waals surface area (Å²) in [6, 6.07) is 7.48. The predicted molar refractivity (Wildman–Crippen MR) is 56.7 cm³/mol. The Bertz CT molecular complexity index is 490. The average Bonchev–Trinajstić information content (AvgIpc) is 2.60. The lowest BCUT2D eigenvalue weighted by molar-refractivity contribution is 0.112. The maximum Gasteiger partial charge on any atom is 0.160 e. The quantitative estimate of drug-likeness (QED) is 0.571. The fourth-order valence-corrected chi connectivity index (χ4v) is 2.20. The molecule has 0 amide bonds. The van der Waals surface area contributed by atoms with Crippen LogP contribution in [0.3, 0.4) is 0 Å². The lowest BCUT2D eigenvalue weighted by atomic mass is 10.1. The minimum absolute atomic E-state index is 0.183. The summed E-state index contributed by atoms with van der Waals surface area (Å²) in [5, 5.41) is 3.82. The van der Waals surface area contributed by atoms with Crippen molar-refractivity contribution in [3.05, 3.63) is 39.6 Å². The molecule has 0 N–H and O–H groups in total. The Morgan fingerprint density at radius 1 is 1.36 bits per heavy atom. The molecule has 0 spiro atoms. The molecule has 0 unspecified atom stereocenters. The first-order valence-corrected chi connectivity index (χ1v) is 4.92. The molecule has 0 saturated carbocycles. The molecule has 2 rings (SSSR count). The minimum Gasteiger partial charge on any atom is -0.297 e. The Morgan fingerprint density at radius 3 is 2.93 bits per heavy atom. The summed E-state index contributed by atoms with van der Waals surface area (Å²) in [6.45, 7) is 0.183. The van der Waals surface area contributed by atoms with E-state index in [-0.39, 0.29) is 6.54 Å². The second-order valence-corrected chi connectivity index (χ2v) is 4.04. The fraction of sp³-hybridized carbons (Fsp3) is 0.100. The first-order valence-electron chi connectivity index (χ1n) is 4.10. The Kier molecular flexibility index (Phi) is 2.37. The second kappa shape index (κ2) is 3.67. The third-order valence-electron chi connectivity index (χ3n) is 1.96. The first kappa shape index (κ1) is 9.02. The number of hydrogen-bond donors (Lipinski definition) is 0. The highest BCUT2D eigenvalue weighted by molar-refractivity contribution is 7.20. The molecule has 4 heteroatoms. The molecule has 0 atom stereocenters. The van der Waals surface area contributed by atoms with Crippen molar-refractivity contribution >= 4 is 27.7 Å². The van der Waals surface area contributed by atoms with E-state index in [1.807, 2.05) is 24.3 Å². The van der Waals surface area contributed by atoms with Crippen LogP contribution < -0.4 is 0 Å². The van der Waals surface area contributed by atoms with E-state index in [0.29, 0.717) is 4.88 Å². The monoisotopic (exact) mass is 205 g/mol. The third-order valence-corrected chi connectivity index (χ3v) is 3.00. The van der Waals surface area contributed by atoms with Gasteiger partial charge in [-0.3, -0.25) is 4.79 Å². The van der Waals surface area contributed by atoms with Crippen LogP contribution >= 0.6 is 11.3 Å². The highest BCUT2D eigenvalue weighted by Crippen LogP contribution is 2.25. The number of carbonyl (C=O) groups excluding carboxylic acids is 1. The van der Waals surface area contributed by atoms with Gasteiger partial charge in [-0.25, -0.2) is 0 Å². The van der Waals surface area contributed by atoms with Gasteiger partial charge < -0.3 is 0 Å². The van der Waals surface area contributed by atoms with Gasteiger partial charge in [-0.05, 0) is 29.1 Å². The van der Waals surface area contributed by atoms with E-state index in [9.17, 15) is 9.70 Å². The largest absolute Gasteiger partial charge is 0.297 e. The molecule has 0 aliphatic heterocycles. The van der Waals surface area contributed by atoms with Crippen molar-refractivity contribution in [3.8, 4) is 0 Å². The second-order valence-electron chi connectivity index (χ2n) is 2.93. The summed E-state index contributed by atoms with van der Waals surface area (Å²) in [5.41, 5.74) is 0.878. The van der Waals surface area contributed by atoms with Gasteiger partial charge in [0.25, 0.3) is 0 Å². The zero-order chi connectivity index (χ0) is 9.97. The normalized spacial score (nSPS) is 10.3. The molecule has 0 aliphatic carbocycles. The van der Waals surface area contributed by atoms with E-state index in [1.165, 1.54) is 11.3 Å². The lowest BCUT2D eigenvalue weighted by Gasteiger charge is -1.93. The molecule has 1 aromatic carbocycles. The molecule has 0 saturated heterocycles. The highest BCUT2D eigenvalue weighted by Gasteiger charge is 2.01. The number of aldehydes is 1. The van der Waals surface area contributed by atoms with Gasteiger partial charge >= 0.3 is 0 Å². The Morgan fingerprint density at radius 2 is 2.21 bits per heavy atom. The number of hydrogen-bond acceptors (Lipinski definition) is 4. The molecule has 1 heterocycles. The smallest absolute Gasteiger partial charge is 0.160 e. The van der Waals surface area contributed by atoms with Gasteiger partial charge in [0.1, 0.15) is 6.54 Å². The molecule has 2 aromatic rings. The van der Waals surface area contributed by atoms with Gasteiger partial charge in [-0.2, -0.15) is 4.91 Å². The van der Waals surface area contributed by atoms with Gasteiger partial charge in [0.2, 0.25) is 0 Å². The Hall–Kier alpha value is -1.55. The van der Waals surface area contributed by atoms with E-state index in [1.54, 1.807) is 0 Å². The summed E-state index contributed by atoms with van der Waals surface area (Å²) >= 11 is 1.45. The molecule has 14 heavy (non-hydrogen) atoms. The van der Waals surface area contributed by atoms with Crippen molar-refractivity contribution in [2.75, 3.05) is 0 Å². The molecule has 1 aromatic heterocycles. The number of fused-ring (bicyclic) bond motifs is 1. The van der Waals surface area contributed by atoms with E-state index >= 15 is 0 Å². The van der Waals surface area contributed by atoms with Crippen molar-refractivity contribution in [1.82, 2.24) is 0 Å².